The molecular formula is C14H28O3S3. The first kappa shape index (κ1) is 20.3. The van der Waals surface area contributed by atoms with Crippen LogP contribution >= 0.6 is 23.5 Å². The molecule has 0 aromatic rings. The molecule has 0 N–H and O–H groups in total. The van der Waals surface area contributed by atoms with E-state index < -0.39 is 10.1 Å². The Morgan fingerprint density at radius 2 is 1.60 bits per heavy atom. The van der Waals surface area contributed by atoms with Gasteiger partial charge in [0.2, 0.25) is 0 Å². The zero-order valence-electron chi connectivity index (χ0n) is 13.1. The van der Waals surface area contributed by atoms with E-state index in [0.717, 1.165) is 41.4 Å². The Hall–Kier alpha value is 0.350. The van der Waals surface area contributed by atoms with Gasteiger partial charge >= 0.3 is 0 Å². The minimum atomic E-state index is -3.55. The molecule has 0 spiro atoms. The van der Waals surface area contributed by atoms with Crippen LogP contribution in [0.2, 0.25) is 0 Å². The van der Waals surface area contributed by atoms with E-state index in [2.05, 4.69) is 13.8 Å². The second-order valence-corrected chi connectivity index (χ2v) is 9.00. The Kier molecular flexibility index (Phi) is 12.2. The molecule has 0 aliphatic rings. The molecule has 0 aromatic carbocycles. The van der Waals surface area contributed by atoms with Crippen molar-refractivity contribution in [3.8, 4) is 0 Å². The van der Waals surface area contributed by atoms with Crippen LogP contribution in [-0.4, -0.2) is 26.5 Å². The average Bonchev–Trinajstić information content (AvgIpc) is 2.36. The number of hydrogen-bond donors (Lipinski definition) is 0. The van der Waals surface area contributed by atoms with E-state index in [-0.39, 0.29) is 12.5 Å². The number of hydrogen-bond acceptors (Lipinski definition) is 5. The van der Waals surface area contributed by atoms with Crippen LogP contribution in [0.15, 0.2) is 9.65 Å². The van der Waals surface area contributed by atoms with Gasteiger partial charge in [0.25, 0.3) is 10.1 Å². The molecule has 120 valence electrons. The van der Waals surface area contributed by atoms with Crippen LogP contribution in [0, 0.1) is 5.92 Å². The third-order valence-electron chi connectivity index (χ3n) is 2.29. The molecule has 0 radical (unpaired) electrons. The molecule has 0 amide bonds. The Balaban J connectivity index is 4.56. The standard InChI is InChI=1S/C14H28O3S3/c1-5-7-9-18-14(19-10-8-6-2)12-20(15,16)17-11-13(3)4/h12-13H,5-11H2,1-4H3. The maximum absolute atomic E-state index is 11.9. The van der Waals surface area contributed by atoms with E-state index in [1.54, 1.807) is 23.5 Å². The monoisotopic (exact) mass is 340 g/mol. The molecule has 0 rings (SSSR count). The van der Waals surface area contributed by atoms with Crippen LogP contribution in [0.4, 0.5) is 0 Å². The van der Waals surface area contributed by atoms with E-state index in [4.69, 9.17) is 4.18 Å². The Morgan fingerprint density at radius 1 is 1.10 bits per heavy atom. The van der Waals surface area contributed by atoms with Crippen molar-refractivity contribution in [2.24, 2.45) is 5.92 Å². The highest BCUT2D eigenvalue weighted by molar-refractivity contribution is 8.22. The minimum absolute atomic E-state index is 0.210. The van der Waals surface area contributed by atoms with E-state index in [1.807, 2.05) is 13.8 Å². The van der Waals surface area contributed by atoms with Crippen molar-refractivity contribution in [3.63, 3.8) is 0 Å². The highest BCUT2D eigenvalue weighted by Gasteiger charge is 2.12. The summed E-state index contributed by atoms with van der Waals surface area (Å²) in [5.41, 5.74) is 0. The molecule has 20 heavy (non-hydrogen) atoms. The van der Waals surface area contributed by atoms with Crippen molar-refractivity contribution < 1.29 is 12.6 Å². The number of thioether (sulfide) groups is 2. The summed E-state index contributed by atoms with van der Waals surface area (Å²) in [7, 11) is -3.55. The van der Waals surface area contributed by atoms with Crippen LogP contribution in [-0.2, 0) is 14.3 Å². The fourth-order valence-corrected chi connectivity index (χ4v) is 5.25. The first-order valence-electron chi connectivity index (χ1n) is 7.28. The molecule has 0 saturated heterocycles. The quantitative estimate of drug-likeness (QED) is 0.375. The molecule has 3 nitrogen and oxygen atoms in total. The first-order valence-corrected chi connectivity index (χ1v) is 10.7. The molecule has 0 aromatic heterocycles. The first-order chi connectivity index (χ1) is 9.41. The van der Waals surface area contributed by atoms with Crippen LogP contribution in [0.5, 0.6) is 0 Å². The van der Waals surface area contributed by atoms with Crippen molar-refractivity contribution in [2.75, 3.05) is 18.1 Å². The molecule has 0 atom stereocenters. The summed E-state index contributed by atoms with van der Waals surface area (Å²) >= 11 is 3.25. The topological polar surface area (TPSA) is 43.4 Å². The highest BCUT2D eigenvalue weighted by atomic mass is 32.2. The van der Waals surface area contributed by atoms with Gasteiger partial charge in [-0.05, 0) is 30.3 Å². The molecule has 0 unspecified atom stereocenters. The molecule has 0 aliphatic carbocycles. The van der Waals surface area contributed by atoms with Crippen molar-refractivity contribution in [3.05, 3.63) is 9.65 Å². The van der Waals surface area contributed by atoms with E-state index >= 15 is 0 Å². The molecular weight excluding hydrogens is 312 g/mol. The lowest BCUT2D eigenvalue weighted by Gasteiger charge is -2.08. The van der Waals surface area contributed by atoms with Gasteiger partial charge in [0, 0.05) is 0 Å². The molecule has 6 heteroatoms. The minimum Gasteiger partial charge on any atom is -0.267 e. The van der Waals surface area contributed by atoms with E-state index in [0.29, 0.717) is 0 Å². The average molecular weight is 341 g/mol. The summed E-state index contributed by atoms with van der Waals surface area (Å²) in [6, 6.07) is 0. The maximum Gasteiger partial charge on any atom is 0.291 e. The second kappa shape index (κ2) is 12.0. The molecule has 0 fully saturated rings. The normalized spacial score (nSPS) is 11.8. The predicted molar refractivity (Wildman–Crippen MR) is 92.5 cm³/mol. The van der Waals surface area contributed by atoms with Crippen molar-refractivity contribution in [1.29, 1.82) is 0 Å². The Morgan fingerprint density at radius 3 is 2.00 bits per heavy atom. The van der Waals surface area contributed by atoms with Crippen LogP contribution < -0.4 is 0 Å². The lowest BCUT2D eigenvalue weighted by molar-refractivity contribution is 0.280. The largest absolute Gasteiger partial charge is 0.291 e. The predicted octanol–water partition coefficient (Wildman–Crippen LogP) is 4.85. The molecule has 0 saturated carbocycles. The summed E-state index contributed by atoms with van der Waals surface area (Å²) < 4.78 is 29.6. The van der Waals surface area contributed by atoms with Gasteiger partial charge in [-0.3, -0.25) is 4.18 Å². The molecule has 0 aliphatic heterocycles. The fourth-order valence-electron chi connectivity index (χ4n) is 1.13. The van der Waals surface area contributed by atoms with Crippen LogP contribution in [0.25, 0.3) is 0 Å². The van der Waals surface area contributed by atoms with Gasteiger partial charge in [-0.15, -0.1) is 23.5 Å². The second-order valence-electron chi connectivity index (χ2n) is 5.01. The van der Waals surface area contributed by atoms with Gasteiger partial charge in [-0.1, -0.05) is 40.5 Å². The summed E-state index contributed by atoms with van der Waals surface area (Å²) in [6.07, 6.45) is 4.44. The van der Waals surface area contributed by atoms with Gasteiger partial charge < -0.3 is 0 Å². The van der Waals surface area contributed by atoms with Crippen molar-refractivity contribution in [1.82, 2.24) is 0 Å². The van der Waals surface area contributed by atoms with Crippen molar-refractivity contribution in [2.45, 2.75) is 53.4 Å². The summed E-state index contributed by atoms with van der Waals surface area (Å²) in [5, 5.41) is 1.30. The van der Waals surface area contributed by atoms with Crippen molar-refractivity contribution >= 4 is 33.6 Å². The van der Waals surface area contributed by atoms with E-state index in [1.165, 1.54) is 5.41 Å². The fraction of sp³-hybridized carbons (Fsp3) is 0.857. The number of unbranched alkanes of at least 4 members (excludes halogenated alkanes) is 2. The highest BCUT2D eigenvalue weighted by Crippen LogP contribution is 2.31. The molecule has 0 bridgehead atoms. The smallest absolute Gasteiger partial charge is 0.267 e. The zero-order chi connectivity index (χ0) is 15.4. The van der Waals surface area contributed by atoms with Gasteiger partial charge in [0.05, 0.1) is 16.3 Å². The lowest BCUT2D eigenvalue weighted by Crippen LogP contribution is -2.08. The third-order valence-corrected chi connectivity index (χ3v) is 6.08. The van der Waals surface area contributed by atoms with Crippen LogP contribution in [0.3, 0.4) is 0 Å². The zero-order valence-corrected chi connectivity index (χ0v) is 15.5. The van der Waals surface area contributed by atoms with Gasteiger partial charge in [-0.25, -0.2) is 0 Å². The summed E-state index contributed by atoms with van der Waals surface area (Å²) in [5.74, 6) is 2.13. The van der Waals surface area contributed by atoms with Gasteiger partial charge in [-0.2, -0.15) is 8.42 Å². The molecule has 0 heterocycles. The maximum atomic E-state index is 11.9. The Bertz CT molecular complexity index is 350. The Labute approximate surface area is 133 Å². The van der Waals surface area contributed by atoms with Gasteiger partial charge in [0.1, 0.15) is 0 Å². The third kappa shape index (κ3) is 12.1. The lowest BCUT2D eigenvalue weighted by atomic mass is 10.2. The van der Waals surface area contributed by atoms with E-state index in [9.17, 15) is 8.42 Å². The summed E-state index contributed by atoms with van der Waals surface area (Å²) in [6.45, 7) is 8.39. The number of rotatable bonds is 12. The summed E-state index contributed by atoms with van der Waals surface area (Å²) in [4.78, 5) is 0. The van der Waals surface area contributed by atoms with Gasteiger partial charge in [0.15, 0.2) is 0 Å². The van der Waals surface area contributed by atoms with Crippen LogP contribution in [0.1, 0.15) is 53.4 Å². The SMILES string of the molecule is CCCCSC(=CS(=O)(=O)OCC(C)C)SCCCC.